The third-order valence-corrected chi connectivity index (χ3v) is 6.55. The Bertz CT molecular complexity index is 1460. The molecule has 0 atom stereocenters. The highest BCUT2D eigenvalue weighted by Gasteiger charge is 2.31. The minimum atomic E-state index is -1.59. The van der Waals surface area contributed by atoms with Gasteiger partial charge in [-0.15, -0.1) is 0 Å². The van der Waals surface area contributed by atoms with Crippen LogP contribution in [0.3, 0.4) is 0 Å². The van der Waals surface area contributed by atoms with Gasteiger partial charge in [0.1, 0.15) is 11.5 Å². The first-order valence-corrected chi connectivity index (χ1v) is 11.8. The zero-order valence-electron chi connectivity index (χ0n) is 19.3. The Kier molecular flexibility index (Phi) is 4.81. The number of nitrogens with zero attached hydrogens (tertiary/aromatic N) is 4. The van der Waals surface area contributed by atoms with Crippen LogP contribution in [-0.4, -0.2) is 25.9 Å². The van der Waals surface area contributed by atoms with Crippen molar-refractivity contribution in [1.29, 1.82) is 0 Å². The second kappa shape index (κ2) is 7.77. The number of anilines is 2. The van der Waals surface area contributed by atoms with E-state index in [4.69, 9.17) is 4.98 Å². The maximum atomic E-state index is 14.7. The zero-order chi connectivity index (χ0) is 23.4. The molecule has 4 aromatic rings. The molecule has 34 heavy (non-hydrogen) atoms. The highest BCUT2D eigenvalue weighted by Crippen LogP contribution is 2.36. The van der Waals surface area contributed by atoms with E-state index in [0.29, 0.717) is 28.4 Å². The Morgan fingerprint density at radius 1 is 1.09 bits per heavy atom. The van der Waals surface area contributed by atoms with Crippen LogP contribution in [-0.2, 0) is 18.6 Å². The van der Waals surface area contributed by atoms with Crippen molar-refractivity contribution in [2.75, 3.05) is 11.9 Å². The molecule has 2 aliphatic rings. The molecular weight excluding hydrogens is 431 g/mol. The third kappa shape index (κ3) is 3.68. The van der Waals surface area contributed by atoms with Crippen molar-refractivity contribution < 1.29 is 4.39 Å². The van der Waals surface area contributed by atoms with Crippen molar-refractivity contribution in [2.24, 2.45) is 0 Å². The van der Waals surface area contributed by atoms with Crippen molar-refractivity contribution >= 4 is 22.5 Å². The number of aromatic nitrogens is 4. The Morgan fingerprint density at radius 2 is 1.94 bits per heavy atom. The van der Waals surface area contributed by atoms with Crippen LogP contribution in [0, 0.1) is 0 Å². The van der Waals surface area contributed by atoms with Crippen LogP contribution in [0.4, 0.5) is 15.9 Å². The molecule has 4 heterocycles. The van der Waals surface area contributed by atoms with Crippen LogP contribution in [0.1, 0.15) is 49.6 Å². The zero-order valence-corrected chi connectivity index (χ0v) is 19.3. The second-order valence-electron chi connectivity index (χ2n) is 9.65. The van der Waals surface area contributed by atoms with Crippen molar-refractivity contribution in [1.82, 2.24) is 24.6 Å². The summed E-state index contributed by atoms with van der Waals surface area (Å²) in [6.45, 7) is 4.82. The molecule has 0 bridgehead atoms. The van der Waals surface area contributed by atoms with Gasteiger partial charge < -0.3 is 10.6 Å². The normalized spacial score (nSPS) is 16.0. The van der Waals surface area contributed by atoms with Gasteiger partial charge in [-0.2, -0.15) is 0 Å². The van der Waals surface area contributed by atoms with E-state index < -0.39 is 5.67 Å². The monoisotopic (exact) mass is 458 g/mol. The number of hydrogen-bond donors (Lipinski definition) is 2. The van der Waals surface area contributed by atoms with Crippen molar-refractivity contribution in [2.45, 2.75) is 51.4 Å². The Labute approximate surface area is 196 Å². The quantitative estimate of drug-likeness (QED) is 0.460. The summed E-state index contributed by atoms with van der Waals surface area (Å²) in [6, 6.07) is 15.3. The maximum absolute atomic E-state index is 14.7. The van der Waals surface area contributed by atoms with Crippen LogP contribution >= 0.6 is 0 Å². The molecule has 6 rings (SSSR count). The first kappa shape index (κ1) is 21.0. The number of fused-ring (bicyclic) bond motifs is 2. The number of alkyl halides is 1. The summed E-state index contributed by atoms with van der Waals surface area (Å²) < 4.78 is 18.1. The fourth-order valence-electron chi connectivity index (χ4n) is 4.61. The summed E-state index contributed by atoms with van der Waals surface area (Å²) in [5, 5.41) is 7.32. The molecule has 0 unspecified atom stereocenters. The third-order valence-electron chi connectivity index (χ3n) is 6.55. The van der Waals surface area contributed by atoms with Gasteiger partial charge in [-0.3, -0.25) is 4.79 Å². The van der Waals surface area contributed by atoms with Gasteiger partial charge in [-0.1, -0.05) is 12.1 Å². The van der Waals surface area contributed by atoms with Gasteiger partial charge in [0.2, 0.25) is 0 Å². The minimum Gasteiger partial charge on any atom is -0.340 e. The van der Waals surface area contributed by atoms with Gasteiger partial charge in [0.15, 0.2) is 11.5 Å². The number of pyridine rings is 2. The number of benzene rings is 1. The highest BCUT2D eigenvalue weighted by atomic mass is 19.1. The molecule has 3 aromatic heterocycles. The lowest BCUT2D eigenvalue weighted by molar-refractivity contribution is 0.214. The molecule has 0 saturated heterocycles. The molecule has 2 N–H and O–H groups in total. The predicted octanol–water partition coefficient (Wildman–Crippen LogP) is 4.51. The predicted molar refractivity (Wildman–Crippen MR) is 131 cm³/mol. The van der Waals surface area contributed by atoms with E-state index in [-0.39, 0.29) is 11.6 Å². The lowest BCUT2D eigenvalue weighted by atomic mass is 10.0. The highest BCUT2D eigenvalue weighted by molar-refractivity contribution is 5.79. The smallest absolute Gasteiger partial charge is 0.276 e. The molecule has 174 valence electrons. The summed E-state index contributed by atoms with van der Waals surface area (Å²) in [4.78, 5) is 22.7. The molecule has 1 aliphatic heterocycles. The average Bonchev–Trinajstić information content (AvgIpc) is 3.62. The van der Waals surface area contributed by atoms with E-state index in [1.807, 2.05) is 12.1 Å². The molecule has 0 spiro atoms. The summed E-state index contributed by atoms with van der Waals surface area (Å²) >= 11 is 0. The van der Waals surface area contributed by atoms with Gasteiger partial charge in [-0.25, -0.2) is 23.7 Å². The number of nitrogens with one attached hydrogen (secondary N) is 2. The summed E-state index contributed by atoms with van der Waals surface area (Å²) in [6.07, 6.45) is 2.89. The molecule has 1 fully saturated rings. The molecule has 0 radical (unpaired) electrons. The SMILES string of the molecule is CC(C)(F)c1cccc(-n2c3nc(Nc4ccc5c(c4)CNCC5)ccc3c(=O)n2C2CC2)n1. The van der Waals surface area contributed by atoms with E-state index in [9.17, 15) is 9.18 Å². The van der Waals surface area contributed by atoms with E-state index in [1.54, 1.807) is 27.6 Å². The first-order valence-electron chi connectivity index (χ1n) is 11.8. The maximum Gasteiger partial charge on any atom is 0.276 e. The minimum absolute atomic E-state index is 0.0943. The molecule has 1 saturated carbocycles. The Morgan fingerprint density at radius 3 is 2.74 bits per heavy atom. The topological polar surface area (TPSA) is 76.8 Å². The number of halogens is 1. The van der Waals surface area contributed by atoms with Crippen LogP contribution in [0.15, 0.2) is 53.3 Å². The van der Waals surface area contributed by atoms with Gasteiger partial charge >= 0.3 is 0 Å². The Balaban J connectivity index is 1.46. The number of rotatable bonds is 5. The second-order valence-corrected chi connectivity index (χ2v) is 9.65. The first-order chi connectivity index (χ1) is 16.4. The van der Waals surface area contributed by atoms with Gasteiger partial charge in [0.05, 0.1) is 17.1 Å². The summed E-state index contributed by atoms with van der Waals surface area (Å²) in [5.41, 5.74) is 2.74. The molecule has 7 nitrogen and oxygen atoms in total. The van der Waals surface area contributed by atoms with Crippen LogP contribution < -0.4 is 16.2 Å². The van der Waals surface area contributed by atoms with Crippen LogP contribution in [0.2, 0.25) is 0 Å². The molecule has 8 heteroatoms. The molecular formula is C26H27FN6O. The van der Waals surface area contributed by atoms with E-state index >= 15 is 0 Å². The van der Waals surface area contributed by atoms with Crippen LogP contribution in [0.25, 0.3) is 16.9 Å². The lowest BCUT2D eigenvalue weighted by Crippen LogP contribution is -2.23. The van der Waals surface area contributed by atoms with Crippen LogP contribution in [0.5, 0.6) is 0 Å². The van der Waals surface area contributed by atoms with E-state index in [2.05, 4.69) is 33.8 Å². The fraction of sp³-hybridized carbons (Fsp3) is 0.346. The van der Waals surface area contributed by atoms with E-state index in [1.165, 1.54) is 25.0 Å². The fourth-order valence-corrected chi connectivity index (χ4v) is 4.61. The van der Waals surface area contributed by atoms with Crippen molar-refractivity contribution in [3.8, 4) is 5.82 Å². The number of hydrogen-bond acceptors (Lipinski definition) is 5. The molecule has 1 aliphatic carbocycles. The van der Waals surface area contributed by atoms with Gasteiger partial charge in [0.25, 0.3) is 5.56 Å². The lowest BCUT2D eigenvalue weighted by Gasteiger charge is -2.18. The van der Waals surface area contributed by atoms with Crippen molar-refractivity contribution in [3.63, 3.8) is 0 Å². The van der Waals surface area contributed by atoms with Gasteiger partial charge in [0, 0.05) is 12.2 Å². The molecule has 1 aromatic carbocycles. The Hall–Kier alpha value is -3.52. The van der Waals surface area contributed by atoms with Crippen molar-refractivity contribution in [3.05, 3.63) is 75.7 Å². The van der Waals surface area contributed by atoms with E-state index in [0.717, 1.165) is 38.0 Å². The van der Waals surface area contributed by atoms with Gasteiger partial charge in [-0.05, 0) is 87.2 Å². The standard InChI is InChI=1S/C26H27FN6O/c1-26(2,27)21-4-3-5-23(30-21)33-24-20(25(34)32(33)19-8-9-19)10-11-22(31-24)29-18-7-6-16-12-13-28-15-17(16)14-18/h3-7,10-11,14,19,28H,8-9,12-13,15H2,1-2H3,(H,29,31). The molecule has 0 amide bonds. The average molecular weight is 459 g/mol. The summed E-state index contributed by atoms with van der Waals surface area (Å²) in [7, 11) is 0. The summed E-state index contributed by atoms with van der Waals surface area (Å²) in [5.74, 6) is 1.13. The largest absolute Gasteiger partial charge is 0.340 e.